The lowest BCUT2D eigenvalue weighted by Crippen LogP contribution is -2.39. The molecule has 0 aliphatic heterocycles. The Balaban J connectivity index is 2.76. The summed E-state index contributed by atoms with van der Waals surface area (Å²) < 4.78 is 38.7. The quantitative estimate of drug-likeness (QED) is 0.810. The van der Waals surface area contributed by atoms with Gasteiger partial charge < -0.3 is 5.73 Å². The molecular weight excluding hydrogens is 299 g/mol. The summed E-state index contributed by atoms with van der Waals surface area (Å²) in [6.07, 6.45) is 0. The Morgan fingerprint density at radius 2 is 2.22 bits per heavy atom. The third kappa shape index (κ3) is 3.88. The van der Waals surface area contributed by atoms with E-state index in [2.05, 4.69) is 16.9 Å². The first-order valence-electron chi connectivity index (χ1n) is 4.96. The van der Waals surface area contributed by atoms with Gasteiger partial charge in [-0.25, -0.2) is 17.5 Å². The van der Waals surface area contributed by atoms with Crippen LogP contribution >= 0.6 is 23.8 Å². The van der Waals surface area contributed by atoms with Crippen LogP contribution in [0.3, 0.4) is 0 Å². The molecule has 1 aromatic carbocycles. The van der Waals surface area contributed by atoms with E-state index >= 15 is 0 Å². The van der Waals surface area contributed by atoms with Gasteiger partial charge in [-0.2, -0.15) is 0 Å². The van der Waals surface area contributed by atoms with Gasteiger partial charge in [-0.15, -0.1) is 0 Å². The summed E-state index contributed by atoms with van der Waals surface area (Å²) in [5.74, 6) is -0.556. The molecule has 1 atom stereocenters. The van der Waals surface area contributed by atoms with Crippen LogP contribution in [-0.4, -0.2) is 18.7 Å². The van der Waals surface area contributed by atoms with Gasteiger partial charge >= 0.3 is 0 Å². The molecule has 0 amide bonds. The molecule has 0 radical (unpaired) electrons. The number of hydrogen-bond donors (Lipinski definition) is 2. The van der Waals surface area contributed by atoms with Gasteiger partial charge in [0.25, 0.3) is 0 Å². The number of thiocarbonyl (C=S) groups is 1. The number of benzene rings is 1. The van der Waals surface area contributed by atoms with Crippen molar-refractivity contribution in [3.63, 3.8) is 0 Å². The Labute approximate surface area is 115 Å². The summed E-state index contributed by atoms with van der Waals surface area (Å²) in [6, 6.07) is 3.96. The highest BCUT2D eigenvalue weighted by atomic mass is 35.5. The third-order valence-corrected chi connectivity index (χ3v) is 4.85. The Hall–Kier alpha value is -0.760. The Morgan fingerprint density at radius 1 is 1.61 bits per heavy atom. The zero-order valence-corrected chi connectivity index (χ0v) is 11.9. The van der Waals surface area contributed by atoms with E-state index in [1.165, 1.54) is 25.1 Å². The van der Waals surface area contributed by atoms with Gasteiger partial charge in [0.1, 0.15) is 11.1 Å². The van der Waals surface area contributed by atoms with E-state index < -0.39 is 21.1 Å². The fraction of sp³-hybridized carbons (Fsp3) is 0.300. The molecule has 8 heteroatoms. The first kappa shape index (κ1) is 15.3. The zero-order chi connectivity index (χ0) is 13.9. The molecular formula is C10H12ClFN2O2S2. The second-order valence-electron chi connectivity index (χ2n) is 3.66. The highest BCUT2D eigenvalue weighted by Crippen LogP contribution is 2.16. The average Bonchev–Trinajstić information content (AvgIpc) is 2.29. The summed E-state index contributed by atoms with van der Waals surface area (Å²) in [7, 11) is -3.63. The Kier molecular flexibility index (Phi) is 5.03. The normalized spacial score (nSPS) is 13.3. The van der Waals surface area contributed by atoms with Gasteiger partial charge in [-0.1, -0.05) is 29.9 Å². The minimum atomic E-state index is -3.63. The summed E-state index contributed by atoms with van der Waals surface area (Å²) >= 11 is 10.2. The first-order chi connectivity index (χ1) is 8.24. The summed E-state index contributed by atoms with van der Waals surface area (Å²) in [6.45, 7) is 1.39. The van der Waals surface area contributed by atoms with Crippen molar-refractivity contribution in [2.45, 2.75) is 18.7 Å². The number of hydrogen-bond acceptors (Lipinski definition) is 3. The van der Waals surface area contributed by atoms with E-state index in [4.69, 9.17) is 17.3 Å². The molecule has 0 spiro atoms. The molecule has 4 nitrogen and oxygen atoms in total. The summed E-state index contributed by atoms with van der Waals surface area (Å²) in [4.78, 5) is -0.111. The van der Waals surface area contributed by atoms with E-state index in [9.17, 15) is 12.8 Å². The van der Waals surface area contributed by atoms with Crippen LogP contribution in [0.15, 0.2) is 18.2 Å². The van der Waals surface area contributed by atoms with Crippen molar-refractivity contribution in [3.8, 4) is 0 Å². The molecule has 0 aliphatic carbocycles. The van der Waals surface area contributed by atoms with E-state index in [-0.39, 0.29) is 16.6 Å². The fourth-order valence-corrected chi connectivity index (χ4v) is 2.62. The molecule has 0 saturated heterocycles. The zero-order valence-electron chi connectivity index (χ0n) is 9.48. The average molecular weight is 311 g/mol. The Morgan fingerprint density at radius 3 is 2.72 bits per heavy atom. The molecule has 0 saturated carbocycles. The predicted octanol–water partition coefficient (Wildman–Crippen LogP) is 1.57. The van der Waals surface area contributed by atoms with E-state index in [0.29, 0.717) is 5.56 Å². The van der Waals surface area contributed by atoms with E-state index in [0.717, 1.165) is 0 Å². The molecule has 18 heavy (non-hydrogen) atoms. The second kappa shape index (κ2) is 5.92. The summed E-state index contributed by atoms with van der Waals surface area (Å²) in [5, 5.41) is -1.03. The van der Waals surface area contributed by atoms with Crippen molar-refractivity contribution in [2.75, 3.05) is 0 Å². The monoisotopic (exact) mass is 310 g/mol. The van der Waals surface area contributed by atoms with Crippen molar-refractivity contribution < 1.29 is 12.8 Å². The van der Waals surface area contributed by atoms with Gasteiger partial charge in [0.2, 0.25) is 10.0 Å². The molecule has 1 unspecified atom stereocenters. The number of rotatable bonds is 5. The maximum absolute atomic E-state index is 12.9. The van der Waals surface area contributed by atoms with Crippen LogP contribution in [0.4, 0.5) is 4.39 Å². The second-order valence-corrected chi connectivity index (χ2v) is 6.62. The molecule has 0 heterocycles. The van der Waals surface area contributed by atoms with Crippen molar-refractivity contribution in [2.24, 2.45) is 5.73 Å². The molecule has 0 aromatic heterocycles. The number of halogens is 2. The minimum absolute atomic E-state index is 0.00468. The highest BCUT2D eigenvalue weighted by Gasteiger charge is 2.22. The molecule has 0 fully saturated rings. The van der Waals surface area contributed by atoms with Crippen molar-refractivity contribution in [1.82, 2.24) is 4.72 Å². The van der Waals surface area contributed by atoms with Crippen molar-refractivity contribution >= 4 is 38.8 Å². The molecule has 100 valence electrons. The van der Waals surface area contributed by atoms with Gasteiger partial charge in [0.15, 0.2) is 0 Å². The topological polar surface area (TPSA) is 72.2 Å². The maximum Gasteiger partial charge on any atom is 0.221 e. The largest absolute Gasteiger partial charge is 0.392 e. The lowest BCUT2D eigenvalue weighted by molar-refractivity contribution is 0.578. The van der Waals surface area contributed by atoms with Crippen LogP contribution in [0.1, 0.15) is 12.5 Å². The SMILES string of the molecule is CC(C(N)=S)S(=O)(=O)NCc1ccc(F)c(Cl)c1. The van der Waals surface area contributed by atoms with Crippen LogP contribution < -0.4 is 10.5 Å². The molecule has 0 bridgehead atoms. The van der Waals surface area contributed by atoms with Crippen LogP contribution in [0, 0.1) is 5.82 Å². The third-order valence-electron chi connectivity index (χ3n) is 2.33. The first-order valence-corrected chi connectivity index (χ1v) is 7.29. The van der Waals surface area contributed by atoms with Gasteiger partial charge in [-0.05, 0) is 24.6 Å². The highest BCUT2D eigenvalue weighted by molar-refractivity contribution is 7.93. The van der Waals surface area contributed by atoms with Crippen molar-refractivity contribution in [1.29, 1.82) is 0 Å². The van der Waals surface area contributed by atoms with E-state index in [1.54, 1.807) is 0 Å². The number of nitrogens with one attached hydrogen (secondary N) is 1. The van der Waals surface area contributed by atoms with Crippen LogP contribution in [0.25, 0.3) is 0 Å². The van der Waals surface area contributed by atoms with Crippen LogP contribution in [-0.2, 0) is 16.6 Å². The van der Waals surface area contributed by atoms with Gasteiger partial charge in [0, 0.05) is 6.54 Å². The summed E-state index contributed by atoms with van der Waals surface area (Å²) in [5.41, 5.74) is 5.82. The lowest BCUT2D eigenvalue weighted by atomic mass is 10.2. The molecule has 3 N–H and O–H groups in total. The standard InChI is InChI=1S/C10H12ClFN2O2S2/c1-6(10(13)17)18(15,16)14-5-7-2-3-9(12)8(11)4-7/h2-4,6,14H,5H2,1H3,(H2,13,17). The maximum atomic E-state index is 12.9. The van der Waals surface area contributed by atoms with Crippen molar-refractivity contribution in [3.05, 3.63) is 34.6 Å². The molecule has 1 rings (SSSR count). The lowest BCUT2D eigenvalue weighted by Gasteiger charge is -2.12. The Bertz CT molecular complexity index is 563. The van der Waals surface area contributed by atoms with E-state index in [1.807, 2.05) is 0 Å². The molecule has 1 aromatic rings. The van der Waals surface area contributed by atoms with Gasteiger partial charge in [-0.3, -0.25) is 0 Å². The van der Waals surface area contributed by atoms with Crippen LogP contribution in [0.5, 0.6) is 0 Å². The smallest absolute Gasteiger partial charge is 0.221 e. The predicted molar refractivity (Wildman–Crippen MR) is 73.4 cm³/mol. The van der Waals surface area contributed by atoms with Crippen LogP contribution in [0.2, 0.25) is 5.02 Å². The number of nitrogens with two attached hydrogens (primary N) is 1. The van der Waals surface area contributed by atoms with Gasteiger partial charge in [0.05, 0.1) is 10.0 Å². The minimum Gasteiger partial charge on any atom is -0.392 e. The molecule has 0 aliphatic rings. The fourth-order valence-electron chi connectivity index (χ4n) is 1.11. The number of sulfonamides is 1.